The molecule has 0 aliphatic rings. The molecule has 4 rings (SSSR count). The van der Waals surface area contributed by atoms with Crippen LogP contribution < -0.4 is 14.8 Å². The molecule has 1 amide bonds. The fraction of sp³-hybridized carbons (Fsp3) is 0.259. The zero-order chi connectivity index (χ0) is 27.2. The third-order valence-corrected chi connectivity index (χ3v) is 7.85. The number of benzene rings is 2. The SMILES string of the molecule is COC(=O)c1c(-c2ccc(OC)cc2)csc1NC(=O)CSc1nnc(COc2ccc(C)c(C)c2)n1C. The van der Waals surface area contributed by atoms with Crippen LogP contribution in [0.1, 0.15) is 27.3 Å². The van der Waals surface area contributed by atoms with Gasteiger partial charge in [0.25, 0.3) is 0 Å². The first-order chi connectivity index (χ1) is 18.3. The average Bonchev–Trinajstić information content (AvgIpc) is 3.50. The molecule has 0 radical (unpaired) electrons. The van der Waals surface area contributed by atoms with Gasteiger partial charge in [-0.3, -0.25) is 4.79 Å². The Morgan fingerprint density at radius 3 is 2.45 bits per heavy atom. The molecule has 0 atom stereocenters. The Kier molecular flexibility index (Phi) is 8.70. The zero-order valence-electron chi connectivity index (χ0n) is 21.7. The lowest BCUT2D eigenvalue weighted by atomic mass is 10.0. The monoisotopic (exact) mass is 552 g/mol. The Balaban J connectivity index is 1.40. The van der Waals surface area contributed by atoms with Crippen LogP contribution in [-0.4, -0.2) is 46.6 Å². The number of carbonyl (C=O) groups is 2. The van der Waals surface area contributed by atoms with E-state index in [9.17, 15) is 9.59 Å². The number of nitrogens with zero attached hydrogens (tertiary/aromatic N) is 3. The molecule has 198 valence electrons. The van der Waals surface area contributed by atoms with Crippen LogP contribution in [0.4, 0.5) is 5.00 Å². The molecule has 0 bridgehead atoms. The molecule has 0 aliphatic carbocycles. The lowest BCUT2D eigenvalue weighted by Gasteiger charge is -2.09. The van der Waals surface area contributed by atoms with Crippen molar-refractivity contribution in [2.45, 2.75) is 25.6 Å². The number of aromatic nitrogens is 3. The molecule has 9 nitrogen and oxygen atoms in total. The van der Waals surface area contributed by atoms with Crippen LogP contribution in [0.5, 0.6) is 11.5 Å². The summed E-state index contributed by atoms with van der Waals surface area (Å²) in [6.07, 6.45) is 0. The highest BCUT2D eigenvalue weighted by Gasteiger charge is 2.23. The minimum Gasteiger partial charge on any atom is -0.497 e. The summed E-state index contributed by atoms with van der Waals surface area (Å²) >= 11 is 2.51. The van der Waals surface area contributed by atoms with Gasteiger partial charge in [0.1, 0.15) is 28.7 Å². The van der Waals surface area contributed by atoms with Crippen molar-refractivity contribution < 1.29 is 23.8 Å². The highest BCUT2D eigenvalue weighted by molar-refractivity contribution is 7.99. The van der Waals surface area contributed by atoms with Crippen LogP contribution >= 0.6 is 23.1 Å². The van der Waals surface area contributed by atoms with E-state index in [2.05, 4.69) is 22.4 Å². The largest absolute Gasteiger partial charge is 0.497 e. The zero-order valence-corrected chi connectivity index (χ0v) is 23.4. The van der Waals surface area contributed by atoms with Gasteiger partial charge in [-0.15, -0.1) is 21.5 Å². The van der Waals surface area contributed by atoms with Crippen LogP contribution in [0, 0.1) is 13.8 Å². The molecule has 2 aromatic heterocycles. The number of hydrogen-bond acceptors (Lipinski definition) is 9. The number of aryl methyl sites for hydroxylation is 2. The molecule has 2 heterocycles. The predicted octanol–water partition coefficient (Wildman–Crippen LogP) is 5.27. The molecule has 2 aromatic carbocycles. The van der Waals surface area contributed by atoms with Crippen molar-refractivity contribution in [3.05, 3.63) is 70.4 Å². The van der Waals surface area contributed by atoms with Crippen LogP contribution in [0.15, 0.2) is 53.0 Å². The number of nitrogens with one attached hydrogen (secondary N) is 1. The lowest BCUT2D eigenvalue weighted by molar-refractivity contribution is -0.113. The highest BCUT2D eigenvalue weighted by atomic mass is 32.2. The Hall–Kier alpha value is -3.83. The quantitative estimate of drug-likeness (QED) is 0.210. The first-order valence-electron chi connectivity index (χ1n) is 11.7. The molecular formula is C27H28N4O5S2. The molecule has 0 fully saturated rings. The van der Waals surface area contributed by atoms with Gasteiger partial charge in [0, 0.05) is 18.0 Å². The highest BCUT2D eigenvalue weighted by Crippen LogP contribution is 2.37. The summed E-state index contributed by atoms with van der Waals surface area (Å²) in [5.74, 6) is 1.39. The van der Waals surface area contributed by atoms with Crippen molar-refractivity contribution in [2.75, 3.05) is 25.3 Å². The fourth-order valence-corrected chi connectivity index (χ4v) is 5.28. The van der Waals surface area contributed by atoms with E-state index in [0.29, 0.717) is 32.9 Å². The molecule has 4 aromatic rings. The van der Waals surface area contributed by atoms with Gasteiger partial charge in [-0.05, 0) is 54.8 Å². The molecular weight excluding hydrogens is 524 g/mol. The maximum atomic E-state index is 12.8. The standard InChI is InChI=1S/C27H28N4O5S2/c1-16-6-9-20(12-17(16)2)36-13-22-29-30-27(31(22)3)38-15-23(32)28-25-24(26(33)35-5)21(14-37-25)18-7-10-19(34-4)11-8-18/h6-12,14H,13,15H2,1-5H3,(H,28,32). The number of hydrogen-bond donors (Lipinski definition) is 1. The summed E-state index contributed by atoms with van der Waals surface area (Å²) < 4.78 is 17.9. The van der Waals surface area contributed by atoms with E-state index < -0.39 is 5.97 Å². The van der Waals surface area contributed by atoms with Crippen molar-refractivity contribution in [2.24, 2.45) is 7.05 Å². The minimum absolute atomic E-state index is 0.0837. The van der Waals surface area contributed by atoms with Crippen LogP contribution in [0.2, 0.25) is 0 Å². The van der Waals surface area contributed by atoms with Gasteiger partial charge in [-0.2, -0.15) is 0 Å². The van der Waals surface area contributed by atoms with E-state index >= 15 is 0 Å². The second kappa shape index (κ2) is 12.1. The van der Waals surface area contributed by atoms with Gasteiger partial charge in [0.05, 0.1) is 20.0 Å². The maximum Gasteiger partial charge on any atom is 0.341 e. The van der Waals surface area contributed by atoms with Gasteiger partial charge in [-0.1, -0.05) is 30.0 Å². The number of rotatable bonds is 10. The van der Waals surface area contributed by atoms with Gasteiger partial charge in [0.2, 0.25) is 5.91 Å². The normalized spacial score (nSPS) is 10.8. The number of methoxy groups -OCH3 is 2. The number of ether oxygens (including phenoxy) is 3. The second-order valence-corrected chi connectivity index (χ2v) is 10.2. The fourth-order valence-electron chi connectivity index (χ4n) is 3.58. The first-order valence-corrected chi connectivity index (χ1v) is 13.5. The molecule has 0 unspecified atom stereocenters. The van der Waals surface area contributed by atoms with Crippen LogP contribution in [-0.2, 0) is 23.2 Å². The molecule has 38 heavy (non-hydrogen) atoms. The Bertz CT molecular complexity index is 1450. The summed E-state index contributed by atoms with van der Waals surface area (Å²) in [4.78, 5) is 25.4. The van der Waals surface area contributed by atoms with E-state index in [0.717, 1.165) is 16.9 Å². The average molecular weight is 553 g/mol. The summed E-state index contributed by atoms with van der Waals surface area (Å²) in [5, 5.41) is 14.1. The number of thioether (sulfide) groups is 1. The third kappa shape index (κ3) is 6.17. The van der Waals surface area contributed by atoms with Gasteiger partial charge >= 0.3 is 5.97 Å². The Morgan fingerprint density at radius 2 is 1.76 bits per heavy atom. The maximum absolute atomic E-state index is 12.8. The molecule has 0 aliphatic heterocycles. The number of amides is 1. The Morgan fingerprint density at radius 1 is 1.03 bits per heavy atom. The summed E-state index contributed by atoms with van der Waals surface area (Å²) in [6, 6.07) is 13.2. The van der Waals surface area contributed by atoms with Crippen LogP contribution in [0.25, 0.3) is 11.1 Å². The number of thiophene rings is 1. The minimum atomic E-state index is -0.526. The molecule has 0 saturated heterocycles. The van der Waals surface area contributed by atoms with E-state index in [-0.39, 0.29) is 18.3 Å². The first kappa shape index (κ1) is 27.2. The second-order valence-electron chi connectivity index (χ2n) is 8.40. The van der Waals surface area contributed by atoms with Gasteiger partial charge in [0.15, 0.2) is 11.0 Å². The molecule has 11 heteroatoms. The smallest absolute Gasteiger partial charge is 0.341 e. The summed E-state index contributed by atoms with van der Waals surface area (Å²) in [5.41, 5.74) is 4.15. The number of esters is 1. The summed E-state index contributed by atoms with van der Waals surface area (Å²) in [6.45, 7) is 4.34. The van der Waals surface area contributed by atoms with Crippen molar-refractivity contribution in [1.82, 2.24) is 14.8 Å². The Labute approximate surface area is 229 Å². The summed E-state index contributed by atoms with van der Waals surface area (Å²) in [7, 11) is 4.73. The van der Waals surface area contributed by atoms with Crippen molar-refractivity contribution in [3.63, 3.8) is 0 Å². The van der Waals surface area contributed by atoms with E-state index in [4.69, 9.17) is 14.2 Å². The predicted molar refractivity (Wildman–Crippen MR) is 148 cm³/mol. The third-order valence-electron chi connectivity index (χ3n) is 5.94. The number of anilines is 1. The molecule has 1 N–H and O–H groups in total. The molecule has 0 saturated carbocycles. The molecule has 0 spiro atoms. The van der Waals surface area contributed by atoms with Crippen LogP contribution in [0.3, 0.4) is 0 Å². The topological polar surface area (TPSA) is 105 Å². The lowest BCUT2D eigenvalue weighted by Crippen LogP contribution is -2.16. The van der Waals surface area contributed by atoms with Gasteiger partial charge < -0.3 is 24.1 Å². The van der Waals surface area contributed by atoms with E-state index in [1.165, 1.54) is 35.8 Å². The van der Waals surface area contributed by atoms with E-state index in [1.54, 1.807) is 11.7 Å². The van der Waals surface area contributed by atoms with Gasteiger partial charge in [-0.25, -0.2) is 4.79 Å². The van der Waals surface area contributed by atoms with Crippen molar-refractivity contribution >= 4 is 40.0 Å². The van der Waals surface area contributed by atoms with Crippen molar-refractivity contribution in [1.29, 1.82) is 0 Å². The van der Waals surface area contributed by atoms with Crippen molar-refractivity contribution in [3.8, 4) is 22.6 Å². The number of carbonyl (C=O) groups excluding carboxylic acids is 2. The van der Waals surface area contributed by atoms with E-state index in [1.807, 2.05) is 61.8 Å².